The summed E-state index contributed by atoms with van der Waals surface area (Å²) < 4.78 is 54.2. The van der Waals surface area contributed by atoms with Gasteiger partial charge in [0.1, 0.15) is 17.5 Å². The van der Waals surface area contributed by atoms with Crippen LogP contribution in [0.4, 0.5) is 29.8 Å². The Kier molecular flexibility index (Phi) is 5.93. The Labute approximate surface area is 184 Å². The van der Waals surface area contributed by atoms with Gasteiger partial charge in [0.05, 0.1) is 30.7 Å². The Bertz CT molecular complexity index is 1120. The van der Waals surface area contributed by atoms with E-state index >= 15 is 0 Å². The van der Waals surface area contributed by atoms with Gasteiger partial charge in [-0.15, -0.1) is 0 Å². The predicted octanol–water partition coefficient (Wildman–Crippen LogP) is 3.52. The molecule has 3 aromatic heterocycles. The number of carbonyl (C=O) groups excluding carboxylic acids is 1. The average molecular weight is 466 g/mol. The summed E-state index contributed by atoms with van der Waals surface area (Å²) in [5.74, 6) is 0.501. The number of halogens is 3. The summed E-state index contributed by atoms with van der Waals surface area (Å²) in [6.07, 6.45) is -2.31. The van der Waals surface area contributed by atoms with Gasteiger partial charge in [-0.05, 0) is 18.2 Å². The number of amides is 1. The van der Waals surface area contributed by atoms with E-state index in [1.807, 2.05) is 0 Å². The second-order valence-electron chi connectivity index (χ2n) is 6.89. The Hall–Kier alpha value is -3.32. The van der Waals surface area contributed by atoms with Crippen molar-refractivity contribution in [1.29, 1.82) is 0 Å². The minimum absolute atomic E-state index is 0.0225. The van der Waals surface area contributed by atoms with Gasteiger partial charge in [0.2, 0.25) is 11.0 Å². The lowest BCUT2D eigenvalue weighted by Crippen LogP contribution is -2.38. The summed E-state index contributed by atoms with van der Waals surface area (Å²) in [4.78, 5) is 25.5. The number of ether oxygens (including phenoxy) is 2. The van der Waals surface area contributed by atoms with Crippen molar-refractivity contribution in [3.05, 3.63) is 36.2 Å². The summed E-state index contributed by atoms with van der Waals surface area (Å²) in [6.45, 7) is 2.29. The van der Waals surface area contributed by atoms with Gasteiger partial charge in [0, 0.05) is 31.7 Å². The van der Waals surface area contributed by atoms with Gasteiger partial charge in [-0.25, -0.2) is 9.97 Å². The van der Waals surface area contributed by atoms with Gasteiger partial charge in [-0.1, -0.05) is 0 Å². The molecule has 4 rings (SSSR count). The Morgan fingerprint density at radius 3 is 2.66 bits per heavy atom. The first-order valence-corrected chi connectivity index (χ1v) is 10.1. The first kappa shape index (κ1) is 21.9. The minimum Gasteiger partial charge on any atom is -0.484 e. The highest BCUT2D eigenvalue weighted by Gasteiger charge is 2.32. The lowest BCUT2D eigenvalue weighted by molar-refractivity contribution is -0.137. The SMILES string of the molecule is CC(=O)Nc1cc(C(F)(F)F)cnc1N(C)c1nc(-c2ccc(OC3COC3)cn2)ns1. The number of pyridine rings is 2. The largest absolute Gasteiger partial charge is 0.484 e. The number of nitrogens with zero attached hydrogens (tertiary/aromatic N) is 5. The van der Waals surface area contributed by atoms with Gasteiger partial charge in [0.15, 0.2) is 11.6 Å². The Balaban J connectivity index is 1.56. The summed E-state index contributed by atoms with van der Waals surface area (Å²) >= 11 is 1.01. The normalized spacial score (nSPS) is 14.0. The molecular formula is C19H17F3N6O3S. The Morgan fingerprint density at radius 1 is 1.28 bits per heavy atom. The third-order valence-electron chi connectivity index (χ3n) is 4.40. The number of carbonyl (C=O) groups is 1. The van der Waals surface area contributed by atoms with Crippen LogP contribution in [-0.4, -0.2) is 51.6 Å². The van der Waals surface area contributed by atoms with Crippen LogP contribution in [0.25, 0.3) is 11.5 Å². The van der Waals surface area contributed by atoms with E-state index in [9.17, 15) is 18.0 Å². The summed E-state index contributed by atoms with van der Waals surface area (Å²) in [5.41, 5.74) is -0.567. The van der Waals surface area contributed by atoms with Crippen LogP contribution in [0.1, 0.15) is 12.5 Å². The van der Waals surface area contributed by atoms with Crippen LogP contribution in [0, 0.1) is 0 Å². The molecule has 13 heteroatoms. The number of nitrogens with one attached hydrogen (secondary N) is 1. The molecule has 1 aliphatic rings. The first-order valence-electron chi connectivity index (χ1n) is 9.34. The van der Waals surface area contributed by atoms with E-state index < -0.39 is 17.6 Å². The molecule has 1 saturated heterocycles. The van der Waals surface area contributed by atoms with Crippen molar-refractivity contribution in [2.75, 3.05) is 30.5 Å². The molecule has 0 bridgehead atoms. The number of rotatable bonds is 6. The van der Waals surface area contributed by atoms with Gasteiger partial charge in [0.25, 0.3) is 0 Å². The van der Waals surface area contributed by atoms with Crippen molar-refractivity contribution in [2.45, 2.75) is 19.2 Å². The zero-order valence-corrected chi connectivity index (χ0v) is 17.7. The quantitative estimate of drug-likeness (QED) is 0.589. The van der Waals surface area contributed by atoms with Crippen LogP contribution in [0.2, 0.25) is 0 Å². The number of hydrogen-bond acceptors (Lipinski definition) is 9. The van der Waals surface area contributed by atoms with Crippen molar-refractivity contribution in [1.82, 2.24) is 19.3 Å². The molecule has 1 aliphatic heterocycles. The number of alkyl halides is 3. The summed E-state index contributed by atoms with van der Waals surface area (Å²) in [5, 5.41) is 2.74. The molecule has 0 atom stereocenters. The molecule has 0 aromatic carbocycles. The monoisotopic (exact) mass is 466 g/mol. The molecule has 1 amide bonds. The fraction of sp³-hybridized carbons (Fsp3) is 0.316. The summed E-state index contributed by atoms with van der Waals surface area (Å²) in [6, 6.07) is 4.28. The topological polar surface area (TPSA) is 102 Å². The third-order valence-corrected chi connectivity index (χ3v) is 5.19. The molecule has 3 aromatic rings. The Morgan fingerprint density at radius 2 is 2.06 bits per heavy atom. The molecular weight excluding hydrogens is 449 g/mol. The maximum absolute atomic E-state index is 13.1. The second kappa shape index (κ2) is 8.67. The smallest absolute Gasteiger partial charge is 0.417 e. The lowest BCUT2D eigenvalue weighted by atomic mass is 10.2. The van der Waals surface area contributed by atoms with Crippen LogP contribution in [-0.2, 0) is 15.7 Å². The standard InChI is InChI=1S/C19H17F3N6O3S/c1-10(29)25-15-5-11(19(20,21)22)6-24-17(15)28(2)18-26-16(27-32-18)14-4-3-12(7-23-14)31-13-8-30-9-13/h3-7,13H,8-9H2,1-2H3,(H,25,29). The molecule has 0 radical (unpaired) electrons. The molecule has 0 spiro atoms. The zero-order chi connectivity index (χ0) is 22.9. The van der Waals surface area contributed by atoms with Gasteiger partial charge >= 0.3 is 6.18 Å². The van der Waals surface area contributed by atoms with E-state index in [1.165, 1.54) is 11.8 Å². The second-order valence-corrected chi connectivity index (χ2v) is 7.62. The third kappa shape index (κ3) is 4.78. The van der Waals surface area contributed by atoms with E-state index in [2.05, 4.69) is 24.6 Å². The summed E-state index contributed by atoms with van der Waals surface area (Å²) in [7, 11) is 1.57. The highest BCUT2D eigenvalue weighted by Crippen LogP contribution is 2.36. The van der Waals surface area contributed by atoms with Crippen LogP contribution in [0.5, 0.6) is 5.75 Å². The fourth-order valence-corrected chi connectivity index (χ4v) is 3.40. The van der Waals surface area contributed by atoms with Gasteiger partial charge < -0.3 is 19.7 Å². The van der Waals surface area contributed by atoms with Crippen LogP contribution in [0.3, 0.4) is 0 Å². The van der Waals surface area contributed by atoms with Crippen LogP contribution in [0.15, 0.2) is 30.6 Å². The zero-order valence-electron chi connectivity index (χ0n) is 16.9. The maximum atomic E-state index is 13.1. The van der Waals surface area contributed by atoms with Crippen molar-refractivity contribution in [3.63, 3.8) is 0 Å². The molecule has 0 saturated carbocycles. The van der Waals surface area contributed by atoms with Gasteiger partial charge in [-0.3, -0.25) is 4.79 Å². The molecule has 168 valence electrons. The van der Waals surface area contributed by atoms with E-state index in [0.29, 0.717) is 41.8 Å². The van der Waals surface area contributed by atoms with E-state index in [0.717, 1.165) is 17.6 Å². The molecule has 0 unspecified atom stereocenters. The molecule has 1 fully saturated rings. The van der Waals surface area contributed by atoms with Gasteiger partial charge in [-0.2, -0.15) is 22.5 Å². The minimum atomic E-state index is -4.60. The number of anilines is 3. The molecule has 9 nitrogen and oxygen atoms in total. The number of hydrogen-bond donors (Lipinski definition) is 1. The van der Waals surface area contributed by atoms with E-state index in [4.69, 9.17) is 9.47 Å². The van der Waals surface area contributed by atoms with Crippen molar-refractivity contribution >= 4 is 34.1 Å². The molecule has 1 N–H and O–H groups in total. The van der Waals surface area contributed by atoms with Crippen molar-refractivity contribution in [2.24, 2.45) is 0 Å². The van der Waals surface area contributed by atoms with Crippen LogP contribution >= 0.6 is 11.5 Å². The lowest BCUT2D eigenvalue weighted by Gasteiger charge is -2.26. The fourth-order valence-electron chi connectivity index (χ4n) is 2.76. The number of aromatic nitrogens is 4. The highest BCUT2D eigenvalue weighted by atomic mass is 32.1. The maximum Gasteiger partial charge on any atom is 0.417 e. The van der Waals surface area contributed by atoms with E-state index in [1.54, 1.807) is 25.4 Å². The highest BCUT2D eigenvalue weighted by molar-refractivity contribution is 7.10. The molecule has 32 heavy (non-hydrogen) atoms. The molecule has 4 heterocycles. The van der Waals surface area contributed by atoms with Crippen molar-refractivity contribution < 1.29 is 27.4 Å². The van der Waals surface area contributed by atoms with Crippen molar-refractivity contribution in [3.8, 4) is 17.3 Å². The predicted molar refractivity (Wildman–Crippen MR) is 110 cm³/mol. The molecule has 0 aliphatic carbocycles. The van der Waals surface area contributed by atoms with Crippen LogP contribution < -0.4 is 15.0 Å². The van der Waals surface area contributed by atoms with E-state index in [-0.39, 0.29) is 17.6 Å². The first-order chi connectivity index (χ1) is 15.2. The average Bonchev–Trinajstić information content (AvgIpc) is 3.20.